The molecule has 23 heavy (non-hydrogen) atoms. The number of carboxylic acid groups (broad SMARTS) is 1. The second kappa shape index (κ2) is 9.30. The fourth-order valence-corrected chi connectivity index (χ4v) is 1.58. The number of carbonyl (C=O) groups excluding carboxylic acids is 4. The molecule has 10 heteroatoms. The van der Waals surface area contributed by atoms with Gasteiger partial charge in [0.15, 0.2) is 0 Å². The maximum Gasteiger partial charge on any atom is 0.322 e. The molecule has 0 radical (unpaired) electrons. The van der Waals surface area contributed by atoms with Crippen LogP contribution in [0, 0.1) is 0 Å². The fourth-order valence-electron chi connectivity index (χ4n) is 1.58. The van der Waals surface area contributed by atoms with Crippen LogP contribution in [-0.4, -0.2) is 72.5 Å². The van der Waals surface area contributed by atoms with Crippen LogP contribution in [0.3, 0.4) is 0 Å². The van der Waals surface area contributed by atoms with E-state index in [0.717, 1.165) is 17.1 Å². The van der Waals surface area contributed by atoms with Gasteiger partial charge in [-0.15, -0.1) is 0 Å². The Morgan fingerprint density at radius 3 is 2.30 bits per heavy atom. The molecule has 0 aromatic rings. The third-order valence-corrected chi connectivity index (χ3v) is 2.68. The molecule has 126 valence electrons. The Morgan fingerprint density at radius 2 is 1.70 bits per heavy atom. The van der Waals surface area contributed by atoms with Crippen molar-refractivity contribution in [3.05, 3.63) is 12.2 Å². The molecule has 1 heterocycles. The van der Waals surface area contributed by atoms with Gasteiger partial charge in [0.05, 0.1) is 13.2 Å². The lowest BCUT2D eigenvalue weighted by molar-refractivity contribution is -0.141. The van der Waals surface area contributed by atoms with Crippen molar-refractivity contribution in [1.82, 2.24) is 15.5 Å². The first kappa shape index (κ1) is 18.3. The zero-order chi connectivity index (χ0) is 17.2. The number of nitrogens with zero attached hydrogens (tertiary/aromatic N) is 1. The van der Waals surface area contributed by atoms with Crippen molar-refractivity contribution in [1.29, 1.82) is 0 Å². The number of amides is 4. The summed E-state index contributed by atoms with van der Waals surface area (Å²) in [6.45, 7) is -0.439. The summed E-state index contributed by atoms with van der Waals surface area (Å²) in [7, 11) is 0. The number of ether oxygens (including phenoxy) is 1. The van der Waals surface area contributed by atoms with Crippen LogP contribution in [0.5, 0.6) is 0 Å². The monoisotopic (exact) mass is 327 g/mol. The lowest BCUT2D eigenvalue weighted by Gasteiger charge is -2.13. The quantitative estimate of drug-likeness (QED) is 0.301. The molecule has 0 atom stereocenters. The van der Waals surface area contributed by atoms with Crippen molar-refractivity contribution < 1.29 is 33.8 Å². The molecule has 1 rings (SSSR count). The molecule has 0 saturated carbocycles. The van der Waals surface area contributed by atoms with Crippen LogP contribution >= 0.6 is 0 Å². The van der Waals surface area contributed by atoms with Gasteiger partial charge in [0, 0.05) is 25.1 Å². The van der Waals surface area contributed by atoms with Gasteiger partial charge in [-0.05, 0) is 0 Å². The normalized spacial score (nSPS) is 13.3. The van der Waals surface area contributed by atoms with E-state index in [2.05, 4.69) is 10.6 Å². The van der Waals surface area contributed by atoms with Crippen molar-refractivity contribution in [2.24, 2.45) is 0 Å². The van der Waals surface area contributed by atoms with Crippen LogP contribution in [-0.2, 0) is 28.7 Å². The molecule has 0 aliphatic carbocycles. The molecule has 1 aliphatic heterocycles. The van der Waals surface area contributed by atoms with Gasteiger partial charge in [-0.25, -0.2) is 0 Å². The van der Waals surface area contributed by atoms with E-state index in [9.17, 15) is 24.0 Å². The number of rotatable bonds is 10. The summed E-state index contributed by atoms with van der Waals surface area (Å²) in [4.78, 5) is 56.2. The van der Waals surface area contributed by atoms with Gasteiger partial charge in [-0.3, -0.25) is 28.9 Å². The third kappa shape index (κ3) is 7.18. The van der Waals surface area contributed by atoms with Crippen molar-refractivity contribution in [3.63, 3.8) is 0 Å². The summed E-state index contributed by atoms with van der Waals surface area (Å²) in [5.41, 5.74) is 0. The van der Waals surface area contributed by atoms with Crippen molar-refractivity contribution >= 4 is 29.6 Å². The number of hydrogen-bond donors (Lipinski definition) is 3. The number of carbonyl (C=O) groups is 5. The molecule has 0 aromatic heterocycles. The molecule has 1 aliphatic rings. The number of imide groups is 1. The van der Waals surface area contributed by atoms with E-state index >= 15 is 0 Å². The zero-order valence-electron chi connectivity index (χ0n) is 12.2. The smallest absolute Gasteiger partial charge is 0.322 e. The van der Waals surface area contributed by atoms with Gasteiger partial charge in [0.25, 0.3) is 11.8 Å². The van der Waals surface area contributed by atoms with Crippen LogP contribution in [0.4, 0.5) is 0 Å². The van der Waals surface area contributed by atoms with Crippen LogP contribution in [0.25, 0.3) is 0 Å². The Bertz CT molecular complexity index is 512. The highest BCUT2D eigenvalue weighted by molar-refractivity contribution is 6.14. The van der Waals surface area contributed by atoms with Crippen LogP contribution in [0.1, 0.15) is 6.42 Å². The van der Waals surface area contributed by atoms with E-state index in [1.807, 2.05) is 0 Å². The Labute approximate surface area is 131 Å². The summed E-state index contributed by atoms with van der Waals surface area (Å²) in [5, 5.41) is 13.0. The van der Waals surface area contributed by atoms with Crippen LogP contribution in [0.2, 0.25) is 0 Å². The molecular weight excluding hydrogens is 310 g/mol. The molecule has 0 fully saturated rings. The number of aliphatic carboxylic acids is 1. The van der Waals surface area contributed by atoms with Gasteiger partial charge < -0.3 is 20.5 Å². The number of nitrogens with one attached hydrogen (secondary N) is 2. The molecular formula is C13H17N3O7. The zero-order valence-corrected chi connectivity index (χ0v) is 12.2. The first-order chi connectivity index (χ1) is 10.9. The summed E-state index contributed by atoms with van der Waals surface area (Å²) >= 11 is 0. The second-order valence-electron chi connectivity index (χ2n) is 4.48. The average molecular weight is 327 g/mol. The van der Waals surface area contributed by atoms with Crippen molar-refractivity contribution in [2.45, 2.75) is 6.42 Å². The van der Waals surface area contributed by atoms with Gasteiger partial charge in [-0.2, -0.15) is 0 Å². The van der Waals surface area contributed by atoms with Crippen LogP contribution < -0.4 is 10.6 Å². The Balaban J connectivity index is 2.03. The Morgan fingerprint density at radius 1 is 1.04 bits per heavy atom. The minimum Gasteiger partial charge on any atom is -0.480 e. The molecule has 4 amide bonds. The van der Waals surface area contributed by atoms with Gasteiger partial charge in [-0.1, -0.05) is 0 Å². The summed E-state index contributed by atoms with van der Waals surface area (Å²) < 4.78 is 5.09. The maximum atomic E-state index is 11.5. The van der Waals surface area contributed by atoms with E-state index in [1.54, 1.807) is 0 Å². The fraction of sp³-hybridized carbons (Fsp3) is 0.462. The third-order valence-electron chi connectivity index (χ3n) is 2.68. The average Bonchev–Trinajstić information content (AvgIpc) is 2.80. The highest BCUT2D eigenvalue weighted by Crippen LogP contribution is 2.01. The van der Waals surface area contributed by atoms with Crippen molar-refractivity contribution in [3.8, 4) is 0 Å². The van der Waals surface area contributed by atoms with Gasteiger partial charge >= 0.3 is 5.97 Å². The number of hydrogen-bond acceptors (Lipinski definition) is 6. The molecule has 10 nitrogen and oxygen atoms in total. The predicted octanol–water partition coefficient (Wildman–Crippen LogP) is -2.36. The maximum absolute atomic E-state index is 11.5. The molecule has 0 saturated heterocycles. The van der Waals surface area contributed by atoms with E-state index in [-0.39, 0.29) is 32.7 Å². The molecule has 0 spiro atoms. The van der Waals surface area contributed by atoms with E-state index in [4.69, 9.17) is 9.84 Å². The summed E-state index contributed by atoms with van der Waals surface area (Å²) in [6, 6.07) is 0. The molecule has 0 aromatic carbocycles. The highest BCUT2D eigenvalue weighted by Gasteiger charge is 2.25. The van der Waals surface area contributed by atoms with Gasteiger partial charge in [0.1, 0.15) is 13.1 Å². The number of carboxylic acids is 1. The Hall–Kier alpha value is -2.75. The predicted molar refractivity (Wildman–Crippen MR) is 75.0 cm³/mol. The first-order valence-electron chi connectivity index (χ1n) is 6.76. The van der Waals surface area contributed by atoms with Crippen molar-refractivity contribution in [2.75, 3.05) is 32.8 Å². The first-order valence-corrected chi connectivity index (χ1v) is 6.76. The second-order valence-corrected chi connectivity index (χ2v) is 4.48. The van der Waals surface area contributed by atoms with Gasteiger partial charge in [0.2, 0.25) is 11.8 Å². The SMILES string of the molecule is O=C(O)CNC(=O)CCOCCNC(=O)CN1C(=O)C=CC1=O. The van der Waals surface area contributed by atoms with E-state index in [0.29, 0.717) is 0 Å². The minimum absolute atomic E-state index is 0.00365. The highest BCUT2D eigenvalue weighted by atomic mass is 16.5. The summed E-state index contributed by atoms with van der Waals surface area (Å²) in [5.74, 6) is -3.15. The topological polar surface area (TPSA) is 142 Å². The minimum atomic E-state index is -1.13. The van der Waals surface area contributed by atoms with E-state index in [1.165, 1.54) is 0 Å². The van der Waals surface area contributed by atoms with Crippen LogP contribution in [0.15, 0.2) is 12.2 Å². The standard InChI is InChI=1S/C13H17N3O7/c17-9(15-7-13(21)22)3-5-23-6-4-14-10(18)8-16-11(19)1-2-12(16)20/h1-2H,3-8H2,(H,14,18)(H,15,17)(H,21,22). The summed E-state index contributed by atoms with van der Waals surface area (Å²) in [6.07, 6.45) is 2.19. The molecule has 0 bridgehead atoms. The van der Waals surface area contributed by atoms with E-state index < -0.39 is 36.1 Å². The largest absolute Gasteiger partial charge is 0.480 e. The molecule has 0 unspecified atom stereocenters. The Kier molecular flexibility index (Phi) is 7.40. The lowest BCUT2D eigenvalue weighted by atomic mass is 10.4. The molecule has 3 N–H and O–H groups in total. The lowest BCUT2D eigenvalue weighted by Crippen LogP contribution is -2.41.